The smallest absolute Gasteiger partial charge is 0.394 e. The molecule has 0 radical (unpaired) electrons. The number of hydrogen-bond donors (Lipinski definition) is 3. The summed E-state index contributed by atoms with van der Waals surface area (Å²) < 4.78 is 78.2. The van der Waals surface area contributed by atoms with E-state index in [0.717, 1.165) is 29.5 Å². The van der Waals surface area contributed by atoms with Gasteiger partial charge in [0.05, 0.1) is 23.8 Å². The lowest BCUT2D eigenvalue weighted by Gasteiger charge is -2.37. The summed E-state index contributed by atoms with van der Waals surface area (Å²) in [5.74, 6) is -0.808. The monoisotopic (exact) mass is 569 g/mol. The molecule has 2 unspecified atom stereocenters. The van der Waals surface area contributed by atoms with E-state index in [0.29, 0.717) is 24.2 Å². The molecule has 0 aliphatic carbocycles. The van der Waals surface area contributed by atoms with Crippen molar-refractivity contribution in [1.82, 2.24) is 5.32 Å². The topological polar surface area (TPSA) is 81.7 Å². The third-order valence-electron chi connectivity index (χ3n) is 6.33. The number of halogens is 6. The Morgan fingerprint density at radius 3 is 2.25 bits per heavy atom. The van der Waals surface area contributed by atoms with Crippen molar-refractivity contribution in [1.29, 1.82) is 0 Å². The first-order valence-corrected chi connectivity index (χ1v) is 12.3. The Labute approximate surface area is 227 Å². The predicted molar refractivity (Wildman–Crippen MR) is 139 cm³/mol. The quantitative estimate of drug-likeness (QED) is 0.246. The minimum Gasteiger partial charge on any atom is -0.394 e. The van der Waals surface area contributed by atoms with Crippen molar-refractivity contribution in [3.8, 4) is 0 Å². The van der Waals surface area contributed by atoms with Crippen molar-refractivity contribution in [2.24, 2.45) is 5.92 Å². The van der Waals surface area contributed by atoms with E-state index >= 15 is 0 Å². The number of nitrogens with one attached hydrogen (secondary N) is 2. The van der Waals surface area contributed by atoms with Gasteiger partial charge in [0.1, 0.15) is 6.04 Å². The molecule has 0 aromatic heterocycles. The van der Waals surface area contributed by atoms with E-state index < -0.39 is 41.5 Å². The molecule has 216 valence electrons. The lowest BCUT2D eigenvalue weighted by Crippen LogP contribution is -2.54. The van der Waals surface area contributed by atoms with Crippen molar-refractivity contribution < 1.29 is 41.0 Å². The van der Waals surface area contributed by atoms with E-state index in [1.54, 1.807) is 25.2 Å². The standard InChI is InChI=1S/C28H29F6N3O3/c1-16(2)25-26(40)36-22(15-38)13-18-12-21(8-9-23(18)37(25)3)35-24(39)7-5-4-6-17-10-19(27(29,30)31)14-20(11-17)28(32,33)34/h4-12,14,16,22,25,38H,13,15H2,1-3H3,(H,35,39)(H,36,40)/b6-4+,7-5+. The lowest BCUT2D eigenvalue weighted by molar-refractivity contribution is -0.143. The van der Waals surface area contributed by atoms with Gasteiger partial charge in [-0.15, -0.1) is 0 Å². The molecule has 1 aliphatic rings. The lowest BCUT2D eigenvalue weighted by atomic mass is 9.95. The SMILES string of the molecule is CC(C)C1C(=O)NC(CO)Cc2cc(NC(=O)/C=C/C=C/c3cc(C(F)(F)F)cc(C(F)(F)F)c3)ccc2N1C. The number of anilines is 2. The van der Waals surface area contributed by atoms with E-state index in [9.17, 15) is 41.0 Å². The summed E-state index contributed by atoms with van der Waals surface area (Å²) in [6.45, 7) is 3.54. The van der Waals surface area contributed by atoms with Gasteiger partial charge in [-0.2, -0.15) is 26.3 Å². The third kappa shape index (κ3) is 7.65. The van der Waals surface area contributed by atoms with E-state index in [1.807, 2.05) is 18.7 Å². The molecule has 40 heavy (non-hydrogen) atoms. The summed E-state index contributed by atoms with van der Waals surface area (Å²) >= 11 is 0. The molecule has 0 saturated heterocycles. The minimum absolute atomic E-state index is 0.0242. The molecule has 1 heterocycles. The van der Waals surface area contributed by atoms with Crippen LogP contribution < -0.4 is 15.5 Å². The van der Waals surface area contributed by atoms with E-state index in [4.69, 9.17) is 0 Å². The van der Waals surface area contributed by atoms with Gasteiger partial charge in [0, 0.05) is 24.5 Å². The van der Waals surface area contributed by atoms with Gasteiger partial charge in [-0.3, -0.25) is 9.59 Å². The van der Waals surface area contributed by atoms with Gasteiger partial charge in [-0.25, -0.2) is 0 Å². The number of hydrogen-bond acceptors (Lipinski definition) is 4. The summed E-state index contributed by atoms with van der Waals surface area (Å²) in [4.78, 5) is 27.0. The molecule has 0 fully saturated rings. The van der Waals surface area contributed by atoms with Crippen LogP contribution in [0, 0.1) is 5.92 Å². The van der Waals surface area contributed by atoms with Gasteiger partial charge in [-0.05, 0) is 59.9 Å². The second-order valence-corrected chi connectivity index (χ2v) is 9.78. The first kappa shape index (κ1) is 30.7. The van der Waals surface area contributed by atoms with E-state index in [-0.39, 0.29) is 30.1 Å². The van der Waals surface area contributed by atoms with Crippen LogP contribution in [0.1, 0.15) is 36.1 Å². The van der Waals surface area contributed by atoms with Crippen LogP contribution in [-0.2, 0) is 28.4 Å². The Morgan fingerprint density at radius 2 is 1.70 bits per heavy atom. The van der Waals surface area contributed by atoms with E-state index in [1.165, 1.54) is 6.08 Å². The second kappa shape index (κ2) is 12.2. The molecule has 2 aromatic rings. The maximum atomic E-state index is 13.0. The molecule has 12 heteroatoms. The van der Waals surface area contributed by atoms with Gasteiger partial charge in [0.2, 0.25) is 11.8 Å². The van der Waals surface area contributed by atoms with Gasteiger partial charge in [0.25, 0.3) is 0 Å². The number of likely N-dealkylation sites (N-methyl/N-ethyl adjacent to an activating group) is 1. The van der Waals surface area contributed by atoms with Gasteiger partial charge >= 0.3 is 12.4 Å². The Balaban J connectivity index is 1.77. The molecule has 0 spiro atoms. The summed E-state index contributed by atoms with van der Waals surface area (Å²) in [6, 6.07) is 5.32. The van der Waals surface area contributed by atoms with Crippen molar-refractivity contribution in [2.75, 3.05) is 23.9 Å². The van der Waals surface area contributed by atoms with E-state index in [2.05, 4.69) is 10.6 Å². The molecular weight excluding hydrogens is 540 g/mol. The number of allylic oxidation sites excluding steroid dienone is 2. The highest BCUT2D eigenvalue weighted by Crippen LogP contribution is 2.36. The van der Waals surface area contributed by atoms with Crippen LogP contribution >= 0.6 is 0 Å². The molecule has 2 atom stereocenters. The van der Waals surface area contributed by atoms with Crippen LogP contribution in [0.25, 0.3) is 6.08 Å². The number of fused-ring (bicyclic) bond motifs is 1. The zero-order chi connectivity index (χ0) is 29.8. The minimum atomic E-state index is -4.96. The highest BCUT2D eigenvalue weighted by Gasteiger charge is 2.37. The number of amides is 2. The fourth-order valence-corrected chi connectivity index (χ4v) is 4.53. The maximum Gasteiger partial charge on any atom is 0.416 e. The number of alkyl halides is 6. The molecule has 2 aromatic carbocycles. The van der Waals surface area contributed by atoms with Crippen LogP contribution in [0.15, 0.2) is 54.6 Å². The zero-order valence-corrected chi connectivity index (χ0v) is 21.9. The predicted octanol–water partition coefficient (Wildman–Crippen LogP) is 5.43. The van der Waals surface area contributed by atoms with Crippen LogP contribution in [0.2, 0.25) is 0 Å². The number of nitrogens with zero attached hydrogens (tertiary/aromatic N) is 1. The van der Waals surface area contributed by atoms with Gasteiger partial charge in [-0.1, -0.05) is 32.1 Å². The zero-order valence-electron chi connectivity index (χ0n) is 21.9. The van der Waals surface area contributed by atoms with Crippen LogP contribution in [0.4, 0.5) is 37.7 Å². The van der Waals surface area contributed by atoms with Gasteiger partial charge in [0.15, 0.2) is 0 Å². The van der Waals surface area contributed by atoms with Crippen molar-refractivity contribution >= 4 is 29.3 Å². The first-order chi connectivity index (χ1) is 18.6. The summed E-state index contributed by atoms with van der Waals surface area (Å²) in [6.07, 6.45) is -5.15. The van der Waals surface area contributed by atoms with Crippen LogP contribution in [0.5, 0.6) is 0 Å². The van der Waals surface area contributed by atoms with Gasteiger partial charge < -0.3 is 20.6 Å². The molecule has 3 rings (SSSR count). The molecular formula is C28H29F6N3O3. The number of aliphatic hydroxyl groups excluding tert-OH is 1. The largest absolute Gasteiger partial charge is 0.416 e. The number of carbonyl (C=O) groups is 2. The average molecular weight is 570 g/mol. The highest BCUT2D eigenvalue weighted by atomic mass is 19.4. The Kier molecular flexibility index (Phi) is 9.34. The number of rotatable bonds is 6. The molecule has 3 N–H and O–H groups in total. The molecule has 1 aliphatic heterocycles. The molecule has 6 nitrogen and oxygen atoms in total. The fourth-order valence-electron chi connectivity index (χ4n) is 4.53. The first-order valence-electron chi connectivity index (χ1n) is 12.3. The molecule has 0 bridgehead atoms. The molecule has 2 amide bonds. The number of benzene rings is 2. The number of carbonyl (C=O) groups excluding carboxylic acids is 2. The second-order valence-electron chi connectivity index (χ2n) is 9.78. The van der Waals surface area contributed by atoms with Crippen molar-refractivity contribution in [2.45, 2.75) is 44.7 Å². The fraction of sp³-hybridized carbons (Fsp3) is 0.357. The number of aliphatic hydroxyl groups is 1. The summed E-state index contributed by atoms with van der Waals surface area (Å²) in [7, 11) is 1.79. The average Bonchev–Trinajstić information content (AvgIpc) is 2.84. The Hall–Kier alpha value is -3.80. The maximum absolute atomic E-state index is 13.0. The normalized spacial score (nSPS) is 18.6. The third-order valence-corrected chi connectivity index (χ3v) is 6.33. The Bertz CT molecular complexity index is 1270. The van der Waals surface area contributed by atoms with Crippen LogP contribution in [-0.4, -0.2) is 42.7 Å². The van der Waals surface area contributed by atoms with Crippen molar-refractivity contribution in [3.63, 3.8) is 0 Å². The van der Waals surface area contributed by atoms with Crippen molar-refractivity contribution in [3.05, 3.63) is 76.9 Å². The summed E-state index contributed by atoms with van der Waals surface area (Å²) in [5, 5.41) is 15.2. The summed E-state index contributed by atoms with van der Waals surface area (Å²) in [5.41, 5.74) is -1.24. The van der Waals surface area contributed by atoms with Crippen LogP contribution in [0.3, 0.4) is 0 Å². The Morgan fingerprint density at radius 1 is 1.07 bits per heavy atom. The molecule has 0 saturated carbocycles. The highest BCUT2D eigenvalue weighted by molar-refractivity contribution is 5.99.